The number of aromatic amines is 1. The summed E-state index contributed by atoms with van der Waals surface area (Å²) in [5.41, 5.74) is 9.91. The van der Waals surface area contributed by atoms with Crippen molar-refractivity contribution in [1.29, 1.82) is 0 Å². The number of H-pyrrole nitrogens is 1. The zero-order chi connectivity index (χ0) is 25.6. The van der Waals surface area contributed by atoms with Crippen LogP contribution in [0.2, 0.25) is 0 Å². The van der Waals surface area contributed by atoms with Gasteiger partial charge in [0.25, 0.3) is 5.91 Å². The van der Waals surface area contributed by atoms with Gasteiger partial charge in [0.15, 0.2) is 5.65 Å². The highest BCUT2D eigenvalue weighted by Crippen LogP contribution is 2.33. The molecule has 2 N–H and O–H groups in total. The molecule has 0 bridgehead atoms. The van der Waals surface area contributed by atoms with E-state index in [9.17, 15) is 9.59 Å². The van der Waals surface area contributed by atoms with Crippen molar-refractivity contribution in [3.8, 4) is 22.4 Å². The van der Waals surface area contributed by atoms with E-state index < -0.39 is 0 Å². The van der Waals surface area contributed by atoms with E-state index in [0.717, 1.165) is 47.4 Å². The van der Waals surface area contributed by atoms with Gasteiger partial charge in [-0.05, 0) is 66.9 Å². The molecular weight excluding hydrogens is 452 g/mol. The Morgan fingerprint density at radius 3 is 2.69 bits per heavy atom. The maximum atomic E-state index is 12.7. The van der Waals surface area contributed by atoms with Gasteiger partial charge in [0.1, 0.15) is 5.52 Å². The predicted molar refractivity (Wildman–Crippen MR) is 142 cm³/mol. The Bertz CT molecular complexity index is 1500. The Morgan fingerprint density at radius 1 is 1.14 bits per heavy atom. The van der Waals surface area contributed by atoms with Crippen molar-refractivity contribution in [2.75, 3.05) is 33.0 Å². The number of aromatic nitrogens is 3. The molecule has 2 aromatic carbocycles. The quantitative estimate of drug-likeness (QED) is 0.454. The minimum atomic E-state index is -0.241. The molecule has 1 aliphatic heterocycles. The molecule has 0 aliphatic carbocycles. The first-order valence-corrected chi connectivity index (χ1v) is 12.0. The number of anilines is 1. The summed E-state index contributed by atoms with van der Waals surface area (Å²) in [5.74, 6) is -0.422. The van der Waals surface area contributed by atoms with E-state index in [1.54, 1.807) is 26.4 Å². The number of hydrogen-bond acceptors (Lipinski definition) is 5. The van der Waals surface area contributed by atoms with Crippen LogP contribution in [0, 0.1) is 6.92 Å². The fraction of sp³-hybridized carbons (Fsp3) is 0.286. The van der Waals surface area contributed by atoms with E-state index in [4.69, 9.17) is 4.98 Å². The molecule has 0 atom stereocenters. The van der Waals surface area contributed by atoms with Crippen molar-refractivity contribution in [3.63, 3.8) is 0 Å². The van der Waals surface area contributed by atoms with E-state index in [1.807, 2.05) is 18.3 Å². The molecule has 1 aliphatic rings. The fourth-order valence-electron chi connectivity index (χ4n) is 4.89. The van der Waals surface area contributed by atoms with E-state index in [-0.39, 0.29) is 11.8 Å². The third-order valence-electron chi connectivity index (χ3n) is 6.70. The third-order valence-corrected chi connectivity index (χ3v) is 6.70. The number of benzene rings is 2. The molecule has 36 heavy (non-hydrogen) atoms. The number of fused-ring (bicyclic) bond motifs is 2. The molecule has 0 radical (unpaired) electrons. The number of nitrogens with zero attached hydrogens (tertiary/aromatic N) is 4. The van der Waals surface area contributed by atoms with Crippen LogP contribution in [0.15, 0.2) is 42.7 Å². The maximum Gasteiger partial charge on any atom is 0.255 e. The molecule has 8 heteroatoms. The smallest absolute Gasteiger partial charge is 0.255 e. The van der Waals surface area contributed by atoms with E-state index in [0.29, 0.717) is 16.9 Å². The maximum absolute atomic E-state index is 12.7. The first-order chi connectivity index (χ1) is 17.2. The average Bonchev–Trinajstić information content (AvgIpc) is 3.26. The molecule has 184 valence electrons. The second-order valence-electron chi connectivity index (χ2n) is 9.71. The van der Waals surface area contributed by atoms with Gasteiger partial charge in [0.05, 0.1) is 23.1 Å². The first kappa shape index (κ1) is 23.7. The minimum absolute atomic E-state index is 0.181. The number of likely N-dealkylation sites (N-methyl/N-ethyl adjacent to an activating group) is 1. The average molecular weight is 483 g/mol. The first-order valence-electron chi connectivity index (χ1n) is 12.0. The topological polar surface area (TPSA) is 94.2 Å². The number of hydrogen-bond donors (Lipinski definition) is 2. The van der Waals surface area contributed by atoms with Gasteiger partial charge in [-0.15, -0.1) is 0 Å². The van der Waals surface area contributed by atoms with Crippen LogP contribution in [-0.2, 0) is 17.8 Å². The lowest BCUT2D eigenvalue weighted by Crippen LogP contribution is -2.27. The van der Waals surface area contributed by atoms with Crippen molar-refractivity contribution in [2.24, 2.45) is 0 Å². The largest absolute Gasteiger partial charge is 0.345 e. The standard InChI is InChI=1S/C28H30N6O2/c1-16-10-19(11-20-15-34(5)9-8-21(16)20)25-14-30-27-26(32-25)23(13-29-27)18-6-7-22(28(36)33(3)4)24(12-18)31-17(2)35/h6-7,10-14H,8-9,15H2,1-5H3,(H,29,30)(H,31,35). The van der Waals surface area contributed by atoms with Gasteiger partial charge in [-0.3, -0.25) is 9.59 Å². The number of carbonyl (C=O) groups is 2. The molecule has 4 aromatic rings. The highest BCUT2D eigenvalue weighted by atomic mass is 16.2. The summed E-state index contributed by atoms with van der Waals surface area (Å²) < 4.78 is 0. The van der Waals surface area contributed by atoms with Gasteiger partial charge < -0.3 is 20.1 Å². The number of nitrogens with one attached hydrogen (secondary N) is 2. The number of carbonyl (C=O) groups excluding carboxylic acids is 2. The molecule has 0 spiro atoms. The number of aryl methyl sites for hydroxylation is 1. The lowest BCUT2D eigenvalue weighted by Gasteiger charge is -2.27. The molecule has 0 fully saturated rings. The van der Waals surface area contributed by atoms with Gasteiger partial charge in [0.2, 0.25) is 5.91 Å². The number of rotatable bonds is 4. The van der Waals surface area contributed by atoms with Crippen molar-refractivity contribution in [2.45, 2.75) is 26.8 Å². The molecule has 0 saturated carbocycles. The zero-order valence-corrected chi connectivity index (χ0v) is 21.3. The second kappa shape index (κ2) is 9.20. The van der Waals surface area contributed by atoms with Crippen LogP contribution in [0.4, 0.5) is 5.69 Å². The molecule has 5 rings (SSSR count). The van der Waals surface area contributed by atoms with Crippen molar-refractivity contribution in [1.82, 2.24) is 24.8 Å². The van der Waals surface area contributed by atoms with E-state index in [1.165, 1.54) is 28.5 Å². The van der Waals surface area contributed by atoms with E-state index in [2.05, 4.69) is 46.3 Å². The monoisotopic (exact) mass is 482 g/mol. The molecule has 3 heterocycles. The molecule has 2 amide bonds. The molecule has 0 unspecified atom stereocenters. The summed E-state index contributed by atoms with van der Waals surface area (Å²) >= 11 is 0. The normalized spacial score (nSPS) is 13.5. The summed E-state index contributed by atoms with van der Waals surface area (Å²) in [6.07, 6.45) is 4.73. The van der Waals surface area contributed by atoms with Crippen LogP contribution in [0.1, 0.15) is 34.0 Å². The SMILES string of the molecule is CC(=O)Nc1cc(-c2c[nH]c3ncc(-c4cc(C)c5c(c4)CN(C)CC5)nc23)ccc1C(=O)N(C)C. The summed E-state index contributed by atoms with van der Waals surface area (Å²) in [7, 11) is 5.52. The van der Waals surface area contributed by atoms with Crippen LogP contribution in [0.5, 0.6) is 0 Å². The van der Waals surface area contributed by atoms with Crippen LogP contribution < -0.4 is 5.32 Å². The third kappa shape index (κ3) is 4.35. The summed E-state index contributed by atoms with van der Waals surface area (Å²) in [6, 6.07) is 9.86. The number of amides is 2. The Labute approximate surface area is 210 Å². The fourth-order valence-corrected chi connectivity index (χ4v) is 4.89. The Morgan fingerprint density at radius 2 is 1.94 bits per heavy atom. The second-order valence-corrected chi connectivity index (χ2v) is 9.71. The molecular formula is C28H30N6O2. The minimum Gasteiger partial charge on any atom is -0.345 e. The molecule has 2 aromatic heterocycles. The van der Waals surface area contributed by atoms with Gasteiger partial charge in [0, 0.05) is 51.4 Å². The highest BCUT2D eigenvalue weighted by molar-refractivity contribution is 6.04. The van der Waals surface area contributed by atoms with Gasteiger partial charge >= 0.3 is 0 Å². The Kier molecular flexibility index (Phi) is 6.05. The van der Waals surface area contributed by atoms with Crippen molar-refractivity contribution in [3.05, 3.63) is 65.0 Å². The van der Waals surface area contributed by atoms with Crippen molar-refractivity contribution >= 4 is 28.7 Å². The molecule has 0 saturated heterocycles. The van der Waals surface area contributed by atoms with Gasteiger partial charge in [-0.25, -0.2) is 9.97 Å². The van der Waals surface area contributed by atoms with Crippen LogP contribution in [0.25, 0.3) is 33.5 Å². The lowest BCUT2D eigenvalue weighted by molar-refractivity contribution is -0.114. The summed E-state index contributed by atoms with van der Waals surface area (Å²) in [5, 5.41) is 2.80. The van der Waals surface area contributed by atoms with E-state index >= 15 is 0 Å². The Hall–Kier alpha value is -4.04. The summed E-state index contributed by atoms with van der Waals surface area (Å²) in [4.78, 5) is 41.2. The lowest BCUT2D eigenvalue weighted by atomic mass is 9.92. The van der Waals surface area contributed by atoms with Gasteiger partial charge in [-0.1, -0.05) is 6.07 Å². The highest BCUT2D eigenvalue weighted by Gasteiger charge is 2.19. The van der Waals surface area contributed by atoms with Crippen LogP contribution in [-0.4, -0.2) is 64.3 Å². The van der Waals surface area contributed by atoms with Crippen LogP contribution >= 0.6 is 0 Å². The predicted octanol–water partition coefficient (Wildman–Crippen LogP) is 4.25. The Balaban J connectivity index is 1.59. The zero-order valence-electron chi connectivity index (χ0n) is 21.3. The van der Waals surface area contributed by atoms with Crippen LogP contribution in [0.3, 0.4) is 0 Å². The summed E-state index contributed by atoms with van der Waals surface area (Å²) in [6.45, 7) is 5.60. The van der Waals surface area contributed by atoms with Crippen molar-refractivity contribution < 1.29 is 9.59 Å². The molecule has 8 nitrogen and oxygen atoms in total. The van der Waals surface area contributed by atoms with Gasteiger partial charge in [-0.2, -0.15) is 0 Å².